The fourth-order valence-corrected chi connectivity index (χ4v) is 2.79. The first kappa shape index (κ1) is 12.2. The van der Waals surface area contributed by atoms with Crippen LogP contribution in [0.3, 0.4) is 0 Å². The van der Waals surface area contributed by atoms with Crippen molar-refractivity contribution in [2.45, 2.75) is 31.5 Å². The van der Waals surface area contributed by atoms with Crippen molar-refractivity contribution in [3.05, 3.63) is 35.4 Å². The van der Waals surface area contributed by atoms with E-state index in [4.69, 9.17) is 9.84 Å². The fraction of sp³-hybridized carbons (Fsp3) is 0.429. The van der Waals surface area contributed by atoms with Gasteiger partial charge in [0.2, 0.25) is 0 Å². The van der Waals surface area contributed by atoms with Crippen LogP contribution in [0.5, 0.6) is 0 Å². The van der Waals surface area contributed by atoms with Gasteiger partial charge in [0, 0.05) is 5.56 Å². The van der Waals surface area contributed by atoms with Crippen LogP contribution in [0.2, 0.25) is 0 Å². The van der Waals surface area contributed by atoms with Crippen LogP contribution >= 0.6 is 0 Å². The third-order valence-corrected chi connectivity index (χ3v) is 3.79. The Bertz CT molecular complexity index is 495. The third kappa shape index (κ3) is 2.10. The van der Waals surface area contributed by atoms with Crippen molar-refractivity contribution in [2.75, 3.05) is 6.61 Å². The molecule has 2 aliphatic rings. The Hall–Kier alpha value is -1.88. The van der Waals surface area contributed by atoms with Crippen LogP contribution in [0.25, 0.3) is 0 Å². The molecule has 1 aromatic carbocycles. The summed E-state index contributed by atoms with van der Waals surface area (Å²) in [5.41, 5.74) is 0.710. The predicted octanol–water partition coefficient (Wildman–Crippen LogP) is 1.74. The van der Waals surface area contributed by atoms with E-state index in [9.17, 15) is 9.59 Å². The highest BCUT2D eigenvalue weighted by Gasteiger charge is 2.40. The number of hydrogen-bond acceptors (Lipinski definition) is 3. The first-order chi connectivity index (χ1) is 9.16. The monoisotopic (exact) mass is 261 g/mol. The lowest BCUT2D eigenvalue weighted by Gasteiger charge is -2.32. The number of hydrogen-bond donors (Lipinski definition) is 1. The van der Waals surface area contributed by atoms with E-state index in [1.807, 2.05) is 0 Å². The third-order valence-electron chi connectivity index (χ3n) is 3.79. The topological polar surface area (TPSA) is 66.8 Å². The van der Waals surface area contributed by atoms with Gasteiger partial charge in [0.15, 0.2) is 0 Å². The van der Waals surface area contributed by atoms with Gasteiger partial charge in [-0.15, -0.1) is 0 Å². The summed E-state index contributed by atoms with van der Waals surface area (Å²) in [6.07, 6.45) is 2.85. The number of piperidine rings is 1. The minimum absolute atomic E-state index is 0.0656. The molecular formula is C14H15NO4. The smallest absolute Gasteiger partial charge is 0.335 e. The van der Waals surface area contributed by atoms with Crippen LogP contribution in [-0.2, 0) is 4.74 Å². The molecule has 19 heavy (non-hydrogen) atoms. The lowest BCUT2D eigenvalue weighted by atomic mass is 10.0. The van der Waals surface area contributed by atoms with Crippen LogP contribution in [0.15, 0.2) is 24.3 Å². The van der Waals surface area contributed by atoms with Gasteiger partial charge in [0.1, 0.15) is 6.23 Å². The highest BCUT2D eigenvalue weighted by Crippen LogP contribution is 2.31. The Morgan fingerprint density at radius 1 is 1.16 bits per heavy atom. The Balaban J connectivity index is 1.82. The van der Waals surface area contributed by atoms with Gasteiger partial charge in [0.05, 0.1) is 18.2 Å². The fourth-order valence-electron chi connectivity index (χ4n) is 2.79. The molecule has 0 aliphatic carbocycles. The van der Waals surface area contributed by atoms with E-state index < -0.39 is 5.97 Å². The van der Waals surface area contributed by atoms with Crippen LogP contribution in [0.1, 0.15) is 40.0 Å². The summed E-state index contributed by atoms with van der Waals surface area (Å²) < 4.78 is 5.61. The van der Waals surface area contributed by atoms with Gasteiger partial charge in [-0.25, -0.2) is 4.79 Å². The summed E-state index contributed by atoms with van der Waals surface area (Å²) in [5, 5.41) is 8.84. The number of carbonyl (C=O) groups is 2. The molecule has 2 unspecified atom stereocenters. The van der Waals surface area contributed by atoms with Gasteiger partial charge >= 0.3 is 5.97 Å². The molecule has 5 heteroatoms. The molecule has 5 nitrogen and oxygen atoms in total. The molecule has 2 atom stereocenters. The average molecular weight is 261 g/mol. The van der Waals surface area contributed by atoms with Crippen LogP contribution < -0.4 is 0 Å². The number of ether oxygens (including phenoxy) is 1. The zero-order valence-electron chi connectivity index (χ0n) is 10.4. The molecule has 1 amide bonds. The van der Waals surface area contributed by atoms with Gasteiger partial charge in [0.25, 0.3) is 5.91 Å². The number of carboxylic acid groups (broad SMARTS) is 1. The maximum absolute atomic E-state index is 12.4. The highest BCUT2D eigenvalue weighted by molar-refractivity contribution is 5.96. The Morgan fingerprint density at radius 3 is 2.47 bits per heavy atom. The molecule has 0 radical (unpaired) electrons. The molecule has 2 bridgehead atoms. The second-order valence-corrected chi connectivity index (χ2v) is 4.97. The number of aromatic carboxylic acids is 1. The molecule has 0 saturated carbocycles. The molecule has 3 rings (SSSR count). The van der Waals surface area contributed by atoms with E-state index in [0.717, 1.165) is 19.3 Å². The van der Waals surface area contributed by atoms with E-state index in [0.29, 0.717) is 12.2 Å². The van der Waals surface area contributed by atoms with Crippen molar-refractivity contribution < 1.29 is 19.4 Å². The van der Waals surface area contributed by atoms with E-state index in [2.05, 4.69) is 0 Å². The molecule has 2 fully saturated rings. The van der Waals surface area contributed by atoms with Crippen LogP contribution in [-0.4, -0.2) is 40.8 Å². The van der Waals surface area contributed by atoms with Gasteiger partial charge in [-0.1, -0.05) is 0 Å². The second kappa shape index (κ2) is 4.66. The van der Waals surface area contributed by atoms with Crippen molar-refractivity contribution >= 4 is 11.9 Å². The molecule has 0 aromatic heterocycles. The van der Waals surface area contributed by atoms with Crippen LogP contribution in [0.4, 0.5) is 0 Å². The van der Waals surface area contributed by atoms with Crippen molar-refractivity contribution in [2.24, 2.45) is 0 Å². The predicted molar refractivity (Wildman–Crippen MR) is 66.9 cm³/mol. The number of rotatable bonds is 2. The molecule has 100 valence electrons. The number of carboxylic acids is 1. The molecule has 2 saturated heterocycles. The number of nitrogens with zero attached hydrogens (tertiary/aromatic N) is 1. The quantitative estimate of drug-likeness (QED) is 0.880. The standard InChI is InChI=1S/C14H15NO4/c16-13(9-4-6-10(7-5-9)14(17)18)15-11-2-1-3-12(15)19-8-11/h4-7,11-12H,1-3,8H2,(H,17,18). The molecule has 1 N–H and O–H groups in total. The molecular weight excluding hydrogens is 246 g/mol. The maximum atomic E-state index is 12.4. The normalized spacial score (nSPS) is 25.4. The lowest BCUT2D eigenvalue weighted by Crippen LogP contribution is -2.44. The Morgan fingerprint density at radius 2 is 1.84 bits per heavy atom. The summed E-state index contributed by atoms with van der Waals surface area (Å²) in [4.78, 5) is 25.0. The minimum atomic E-state index is -0.986. The number of fused-ring (bicyclic) bond motifs is 2. The average Bonchev–Trinajstić information content (AvgIpc) is 2.67. The summed E-state index contributed by atoms with van der Waals surface area (Å²) in [7, 11) is 0. The van der Waals surface area contributed by atoms with E-state index in [-0.39, 0.29) is 23.7 Å². The Kier molecular flexibility index (Phi) is 2.98. The molecule has 2 aliphatic heterocycles. The van der Waals surface area contributed by atoms with Gasteiger partial charge in [-0.05, 0) is 43.5 Å². The van der Waals surface area contributed by atoms with E-state index in [1.54, 1.807) is 17.0 Å². The highest BCUT2D eigenvalue weighted by atomic mass is 16.5. The first-order valence-corrected chi connectivity index (χ1v) is 6.44. The number of benzene rings is 1. The van der Waals surface area contributed by atoms with Gasteiger partial charge < -0.3 is 14.7 Å². The summed E-state index contributed by atoms with van der Waals surface area (Å²) in [5.74, 6) is -1.05. The van der Waals surface area contributed by atoms with Crippen molar-refractivity contribution in [1.29, 1.82) is 0 Å². The summed E-state index contributed by atoms with van der Waals surface area (Å²) >= 11 is 0. The molecule has 0 spiro atoms. The number of amides is 1. The second-order valence-electron chi connectivity index (χ2n) is 4.97. The zero-order valence-corrected chi connectivity index (χ0v) is 10.4. The minimum Gasteiger partial charge on any atom is -0.478 e. The molecule has 1 aromatic rings. The SMILES string of the molecule is O=C(O)c1ccc(C(=O)N2C3CCCC2OC3)cc1. The summed E-state index contributed by atoms with van der Waals surface area (Å²) in [6, 6.07) is 6.23. The van der Waals surface area contributed by atoms with Crippen LogP contribution in [0, 0.1) is 0 Å². The van der Waals surface area contributed by atoms with Crippen molar-refractivity contribution in [1.82, 2.24) is 4.90 Å². The van der Waals surface area contributed by atoms with E-state index in [1.165, 1.54) is 12.1 Å². The van der Waals surface area contributed by atoms with E-state index >= 15 is 0 Å². The van der Waals surface area contributed by atoms with Crippen molar-refractivity contribution in [3.8, 4) is 0 Å². The number of carbonyl (C=O) groups excluding carboxylic acids is 1. The lowest BCUT2D eigenvalue weighted by molar-refractivity contribution is 0.0124. The molecule has 2 heterocycles. The van der Waals surface area contributed by atoms with Gasteiger partial charge in [-0.2, -0.15) is 0 Å². The maximum Gasteiger partial charge on any atom is 0.335 e. The zero-order chi connectivity index (χ0) is 13.4. The largest absolute Gasteiger partial charge is 0.478 e. The Labute approximate surface area is 110 Å². The summed E-state index contributed by atoms with van der Waals surface area (Å²) in [6.45, 7) is 0.615. The first-order valence-electron chi connectivity index (χ1n) is 6.44. The van der Waals surface area contributed by atoms with Gasteiger partial charge in [-0.3, -0.25) is 4.79 Å². The van der Waals surface area contributed by atoms with Crippen molar-refractivity contribution in [3.63, 3.8) is 0 Å².